The van der Waals surface area contributed by atoms with E-state index in [9.17, 15) is 0 Å². The Morgan fingerprint density at radius 3 is 2.89 bits per heavy atom. The van der Waals surface area contributed by atoms with Crippen molar-refractivity contribution >= 4 is 17.1 Å². The quantitative estimate of drug-likeness (QED) is 0.872. The van der Waals surface area contributed by atoms with Gasteiger partial charge in [-0.15, -0.1) is 0 Å². The van der Waals surface area contributed by atoms with Gasteiger partial charge in [0.05, 0.1) is 0 Å². The van der Waals surface area contributed by atoms with Crippen molar-refractivity contribution in [2.45, 2.75) is 19.8 Å². The lowest BCUT2D eigenvalue weighted by molar-refractivity contribution is 0.246. The summed E-state index contributed by atoms with van der Waals surface area (Å²) in [6, 6.07) is 8.49. The third-order valence-electron chi connectivity index (χ3n) is 3.77. The minimum atomic E-state index is 0.339. The number of piperidine rings is 1. The summed E-state index contributed by atoms with van der Waals surface area (Å²) in [6.45, 7) is 5.45. The van der Waals surface area contributed by atoms with Gasteiger partial charge in [-0.2, -0.15) is 4.98 Å². The normalized spacial score (nSPS) is 18.9. The molecule has 0 spiro atoms. The second-order valence-corrected chi connectivity index (χ2v) is 5.40. The maximum atomic E-state index is 5.67. The predicted molar refractivity (Wildman–Crippen MR) is 72.7 cm³/mol. The van der Waals surface area contributed by atoms with E-state index in [1.54, 1.807) is 0 Å². The zero-order chi connectivity index (χ0) is 12.4. The van der Waals surface area contributed by atoms with Crippen LogP contribution in [0.1, 0.15) is 19.8 Å². The van der Waals surface area contributed by atoms with Crippen LogP contribution in [0.4, 0.5) is 6.01 Å². The molecule has 0 aliphatic carbocycles. The van der Waals surface area contributed by atoms with Gasteiger partial charge in [-0.3, -0.25) is 0 Å². The summed E-state index contributed by atoms with van der Waals surface area (Å²) < 4.78 is 5.67. The molecule has 0 atom stereocenters. The van der Waals surface area contributed by atoms with Crippen LogP contribution in [-0.4, -0.2) is 24.6 Å². The molecule has 96 valence electrons. The summed E-state index contributed by atoms with van der Waals surface area (Å²) in [7, 11) is 0. The van der Waals surface area contributed by atoms with Crippen molar-refractivity contribution in [1.82, 2.24) is 10.3 Å². The van der Waals surface area contributed by atoms with Crippen LogP contribution in [0.15, 0.2) is 28.7 Å². The highest BCUT2D eigenvalue weighted by Gasteiger charge is 2.26. The van der Waals surface area contributed by atoms with E-state index in [1.165, 1.54) is 12.8 Å². The Hall–Kier alpha value is -1.55. The number of nitrogens with one attached hydrogen (secondary N) is 2. The molecule has 4 heteroatoms. The van der Waals surface area contributed by atoms with Gasteiger partial charge in [0, 0.05) is 6.54 Å². The minimum Gasteiger partial charge on any atom is -0.424 e. The smallest absolute Gasteiger partial charge is 0.295 e. The second kappa shape index (κ2) is 4.61. The maximum absolute atomic E-state index is 5.67. The minimum absolute atomic E-state index is 0.339. The number of hydrogen-bond donors (Lipinski definition) is 2. The Morgan fingerprint density at radius 2 is 2.11 bits per heavy atom. The molecule has 2 aromatic rings. The first-order valence-corrected chi connectivity index (χ1v) is 6.55. The number of anilines is 1. The van der Waals surface area contributed by atoms with E-state index in [1.807, 2.05) is 24.3 Å². The first-order chi connectivity index (χ1) is 8.75. The fraction of sp³-hybridized carbons (Fsp3) is 0.500. The number of rotatable bonds is 3. The van der Waals surface area contributed by atoms with Gasteiger partial charge in [-0.05, 0) is 43.5 Å². The molecule has 1 aliphatic rings. The van der Waals surface area contributed by atoms with Crippen LogP contribution in [0.2, 0.25) is 0 Å². The summed E-state index contributed by atoms with van der Waals surface area (Å²) in [4.78, 5) is 4.43. The standard InChI is InChI=1S/C14H19N3O/c1-14(6-8-15-9-7-14)10-16-13-17-11-4-2-3-5-12(11)18-13/h2-5,15H,6-10H2,1H3,(H,16,17). The predicted octanol–water partition coefficient (Wildman–Crippen LogP) is 2.63. The zero-order valence-corrected chi connectivity index (χ0v) is 10.7. The first-order valence-electron chi connectivity index (χ1n) is 6.55. The van der Waals surface area contributed by atoms with Crippen molar-refractivity contribution < 1.29 is 4.42 Å². The van der Waals surface area contributed by atoms with E-state index < -0.39 is 0 Å². The molecular formula is C14H19N3O. The van der Waals surface area contributed by atoms with E-state index in [2.05, 4.69) is 22.5 Å². The SMILES string of the molecule is CC1(CNc2nc3ccccc3o2)CCNCC1. The topological polar surface area (TPSA) is 50.1 Å². The molecule has 3 rings (SSSR count). The van der Waals surface area contributed by atoms with E-state index in [0.29, 0.717) is 11.4 Å². The Morgan fingerprint density at radius 1 is 1.33 bits per heavy atom. The van der Waals surface area contributed by atoms with Crippen LogP contribution in [0.5, 0.6) is 0 Å². The van der Waals surface area contributed by atoms with Crippen molar-refractivity contribution in [3.05, 3.63) is 24.3 Å². The maximum Gasteiger partial charge on any atom is 0.295 e. The molecule has 0 bridgehead atoms. The average molecular weight is 245 g/mol. The van der Waals surface area contributed by atoms with Crippen LogP contribution in [0.3, 0.4) is 0 Å². The Labute approximate surface area is 107 Å². The Bertz CT molecular complexity index is 496. The second-order valence-electron chi connectivity index (χ2n) is 5.40. The van der Waals surface area contributed by atoms with E-state index in [0.717, 1.165) is 30.7 Å². The van der Waals surface area contributed by atoms with E-state index in [-0.39, 0.29) is 0 Å². The van der Waals surface area contributed by atoms with Crippen LogP contribution in [0.25, 0.3) is 11.1 Å². The number of aromatic nitrogens is 1. The van der Waals surface area contributed by atoms with E-state index in [4.69, 9.17) is 4.42 Å². The average Bonchev–Trinajstić information content (AvgIpc) is 2.80. The Balaban J connectivity index is 1.69. The molecular weight excluding hydrogens is 226 g/mol. The van der Waals surface area contributed by atoms with Gasteiger partial charge in [0.2, 0.25) is 0 Å². The highest BCUT2D eigenvalue weighted by atomic mass is 16.4. The number of oxazole rings is 1. The van der Waals surface area contributed by atoms with Crippen LogP contribution in [-0.2, 0) is 0 Å². The van der Waals surface area contributed by atoms with Crippen molar-refractivity contribution in [2.24, 2.45) is 5.41 Å². The fourth-order valence-electron chi connectivity index (χ4n) is 2.44. The molecule has 1 aliphatic heterocycles. The van der Waals surface area contributed by atoms with Gasteiger partial charge in [0.1, 0.15) is 5.52 Å². The summed E-state index contributed by atoms with van der Waals surface area (Å²) in [5, 5.41) is 6.73. The number of benzene rings is 1. The third-order valence-corrected chi connectivity index (χ3v) is 3.77. The molecule has 1 saturated heterocycles. The van der Waals surface area contributed by atoms with Crippen molar-refractivity contribution in [1.29, 1.82) is 0 Å². The molecule has 4 nitrogen and oxygen atoms in total. The van der Waals surface area contributed by atoms with Gasteiger partial charge in [-0.25, -0.2) is 0 Å². The lowest BCUT2D eigenvalue weighted by Crippen LogP contribution is -2.39. The van der Waals surface area contributed by atoms with Gasteiger partial charge in [0.15, 0.2) is 5.58 Å². The molecule has 2 heterocycles. The van der Waals surface area contributed by atoms with Crippen LogP contribution in [0, 0.1) is 5.41 Å². The molecule has 0 saturated carbocycles. The highest BCUT2D eigenvalue weighted by molar-refractivity contribution is 5.74. The van der Waals surface area contributed by atoms with Crippen LogP contribution < -0.4 is 10.6 Å². The van der Waals surface area contributed by atoms with Crippen molar-refractivity contribution in [3.8, 4) is 0 Å². The summed E-state index contributed by atoms with van der Waals surface area (Å²) in [5.74, 6) is 0. The van der Waals surface area contributed by atoms with Gasteiger partial charge >= 0.3 is 0 Å². The summed E-state index contributed by atoms with van der Waals surface area (Å²) in [6.07, 6.45) is 2.39. The molecule has 18 heavy (non-hydrogen) atoms. The molecule has 0 unspecified atom stereocenters. The highest BCUT2D eigenvalue weighted by Crippen LogP contribution is 2.28. The molecule has 0 radical (unpaired) electrons. The summed E-state index contributed by atoms with van der Waals surface area (Å²) in [5.41, 5.74) is 2.09. The van der Waals surface area contributed by atoms with E-state index >= 15 is 0 Å². The number of nitrogens with zero attached hydrogens (tertiary/aromatic N) is 1. The molecule has 1 aromatic carbocycles. The summed E-state index contributed by atoms with van der Waals surface area (Å²) >= 11 is 0. The fourth-order valence-corrected chi connectivity index (χ4v) is 2.44. The lowest BCUT2D eigenvalue weighted by Gasteiger charge is -2.33. The molecule has 1 fully saturated rings. The largest absolute Gasteiger partial charge is 0.424 e. The molecule has 1 aromatic heterocycles. The lowest BCUT2D eigenvalue weighted by atomic mass is 9.81. The number of fused-ring (bicyclic) bond motifs is 1. The third kappa shape index (κ3) is 2.34. The van der Waals surface area contributed by atoms with Gasteiger partial charge in [0.25, 0.3) is 6.01 Å². The van der Waals surface area contributed by atoms with Crippen molar-refractivity contribution in [3.63, 3.8) is 0 Å². The number of para-hydroxylation sites is 2. The molecule has 0 amide bonds. The van der Waals surface area contributed by atoms with Crippen LogP contribution >= 0.6 is 0 Å². The monoisotopic (exact) mass is 245 g/mol. The zero-order valence-electron chi connectivity index (χ0n) is 10.7. The Kier molecular flexibility index (Phi) is 2.96. The number of hydrogen-bond acceptors (Lipinski definition) is 4. The first kappa shape index (κ1) is 11.5. The van der Waals surface area contributed by atoms with Crippen molar-refractivity contribution in [2.75, 3.05) is 25.0 Å². The van der Waals surface area contributed by atoms with Gasteiger partial charge in [-0.1, -0.05) is 19.1 Å². The van der Waals surface area contributed by atoms with Gasteiger partial charge < -0.3 is 15.1 Å². The molecule has 2 N–H and O–H groups in total.